The number of morpholine rings is 1. The predicted octanol–water partition coefficient (Wildman–Crippen LogP) is 2.76. The van der Waals surface area contributed by atoms with Crippen LogP contribution in [0.15, 0.2) is 54.1 Å². The maximum atomic E-state index is 13.1. The number of aliphatic hydroxyl groups excluding tert-OH is 1. The summed E-state index contributed by atoms with van der Waals surface area (Å²) in [5.74, 6) is -0.806. The Balaban J connectivity index is 1.74. The van der Waals surface area contributed by atoms with Crippen LogP contribution in [0.3, 0.4) is 0 Å². The van der Waals surface area contributed by atoms with Crippen LogP contribution in [0.5, 0.6) is 5.75 Å². The highest BCUT2D eigenvalue weighted by molar-refractivity contribution is 6.46. The van der Waals surface area contributed by atoms with E-state index in [0.29, 0.717) is 37.6 Å². The predicted molar refractivity (Wildman–Crippen MR) is 120 cm³/mol. The molecule has 1 atom stereocenters. The first kappa shape index (κ1) is 22.0. The Morgan fingerprint density at radius 3 is 2.50 bits per heavy atom. The number of likely N-dealkylation sites (tertiary alicyclic amines) is 1. The van der Waals surface area contributed by atoms with Crippen LogP contribution < -0.4 is 4.74 Å². The molecule has 2 heterocycles. The van der Waals surface area contributed by atoms with Gasteiger partial charge in [0.2, 0.25) is 0 Å². The van der Waals surface area contributed by atoms with Gasteiger partial charge in [-0.05, 0) is 24.6 Å². The molecule has 1 unspecified atom stereocenters. The van der Waals surface area contributed by atoms with Crippen molar-refractivity contribution in [1.29, 1.82) is 0 Å². The first-order valence-electron chi connectivity index (χ1n) is 10.8. The van der Waals surface area contributed by atoms with Gasteiger partial charge in [0.1, 0.15) is 11.5 Å². The highest BCUT2D eigenvalue weighted by atomic mass is 16.5. The summed E-state index contributed by atoms with van der Waals surface area (Å²) >= 11 is 0. The van der Waals surface area contributed by atoms with Crippen LogP contribution in [0.25, 0.3) is 5.76 Å². The number of aliphatic hydroxyl groups is 1. The number of methoxy groups -OCH3 is 1. The monoisotopic (exact) mass is 436 g/mol. The smallest absolute Gasteiger partial charge is 0.295 e. The SMILES string of the molecule is COc1cccc(C2/C(=C(\O)c3ccc(C)cc3)C(=O)C(=O)N2CCN2CCOCC2)c1. The fourth-order valence-corrected chi connectivity index (χ4v) is 4.21. The van der Waals surface area contributed by atoms with Crippen molar-refractivity contribution < 1.29 is 24.2 Å². The molecular weight excluding hydrogens is 408 g/mol. The van der Waals surface area contributed by atoms with Crippen molar-refractivity contribution >= 4 is 17.4 Å². The van der Waals surface area contributed by atoms with Gasteiger partial charge in [-0.3, -0.25) is 14.5 Å². The summed E-state index contributed by atoms with van der Waals surface area (Å²) in [7, 11) is 1.57. The Labute approximate surface area is 187 Å². The molecule has 2 aromatic rings. The average molecular weight is 437 g/mol. The number of hydrogen-bond donors (Lipinski definition) is 1. The van der Waals surface area contributed by atoms with Crippen LogP contribution in [-0.2, 0) is 14.3 Å². The number of rotatable bonds is 6. The zero-order valence-corrected chi connectivity index (χ0v) is 18.4. The molecule has 0 radical (unpaired) electrons. The molecule has 1 N–H and O–H groups in total. The number of ketones is 1. The Bertz CT molecular complexity index is 1020. The second-order valence-corrected chi connectivity index (χ2v) is 8.09. The molecule has 4 rings (SSSR count). The Kier molecular flexibility index (Phi) is 6.58. The van der Waals surface area contributed by atoms with Crippen molar-refractivity contribution in [2.24, 2.45) is 0 Å². The lowest BCUT2D eigenvalue weighted by molar-refractivity contribution is -0.140. The highest BCUT2D eigenvalue weighted by Crippen LogP contribution is 2.40. The fraction of sp³-hybridized carbons (Fsp3) is 0.360. The standard InChI is InChI=1S/C25H28N2O5/c1-17-6-8-18(9-7-17)23(28)21-22(19-4-3-5-20(16-19)31-2)27(25(30)24(21)29)11-10-26-12-14-32-15-13-26/h3-9,16,22,28H,10-15H2,1-2H3/b23-21+. The van der Waals surface area contributed by atoms with Gasteiger partial charge in [0.15, 0.2) is 0 Å². The maximum Gasteiger partial charge on any atom is 0.295 e. The summed E-state index contributed by atoms with van der Waals surface area (Å²) in [6.07, 6.45) is 0. The van der Waals surface area contributed by atoms with E-state index >= 15 is 0 Å². The van der Waals surface area contributed by atoms with Gasteiger partial charge in [-0.15, -0.1) is 0 Å². The van der Waals surface area contributed by atoms with E-state index in [9.17, 15) is 14.7 Å². The van der Waals surface area contributed by atoms with E-state index < -0.39 is 17.7 Å². The van der Waals surface area contributed by atoms with Gasteiger partial charge in [-0.1, -0.05) is 42.0 Å². The van der Waals surface area contributed by atoms with Gasteiger partial charge in [-0.2, -0.15) is 0 Å². The van der Waals surface area contributed by atoms with Crippen molar-refractivity contribution in [2.45, 2.75) is 13.0 Å². The van der Waals surface area contributed by atoms with E-state index in [4.69, 9.17) is 9.47 Å². The van der Waals surface area contributed by atoms with Crippen molar-refractivity contribution in [3.63, 3.8) is 0 Å². The zero-order valence-electron chi connectivity index (χ0n) is 18.4. The lowest BCUT2D eigenvalue weighted by Crippen LogP contribution is -2.42. The molecule has 7 heteroatoms. The molecule has 0 aromatic heterocycles. The molecule has 2 aromatic carbocycles. The molecule has 7 nitrogen and oxygen atoms in total. The van der Waals surface area contributed by atoms with E-state index in [1.165, 1.54) is 0 Å². The topological polar surface area (TPSA) is 79.3 Å². The number of amides is 1. The number of benzene rings is 2. The lowest BCUT2D eigenvalue weighted by atomic mass is 9.95. The third-order valence-electron chi connectivity index (χ3n) is 6.04. The molecule has 1 amide bonds. The fourth-order valence-electron chi connectivity index (χ4n) is 4.21. The van der Waals surface area contributed by atoms with Crippen LogP contribution in [0, 0.1) is 6.92 Å². The summed E-state index contributed by atoms with van der Waals surface area (Å²) in [4.78, 5) is 30.0. The van der Waals surface area contributed by atoms with Gasteiger partial charge in [0, 0.05) is 31.7 Å². The summed E-state index contributed by atoms with van der Waals surface area (Å²) < 4.78 is 10.8. The number of carbonyl (C=O) groups is 2. The maximum absolute atomic E-state index is 13.1. The number of hydrogen-bond acceptors (Lipinski definition) is 6. The molecule has 2 saturated heterocycles. The molecule has 2 aliphatic heterocycles. The van der Waals surface area contributed by atoms with Crippen molar-refractivity contribution in [3.05, 3.63) is 70.8 Å². The van der Waals surface area contributed by atoms with Gasteiger partial charge in [-0.25, -0.2) is 0 Å². The van der Waals surface area contributed by atoms with Crippen molar-refractivity contribution in [1.82, 2.24) is 9.80 Å². The summed E-state index contributed by atoms with van der Waals surface area (Å²) in [5.41, 5.74) is 2.37. The molecule has 0 spiro atoms. The number of aryl methyl sites for hydroxylation is 1. The molecule has 0 aliphatic carbocycles. The third-order valence-corrected chi connectivity index (χ3v) is 6.04. The van der Waals surface area contributed by atoms with Gasteiger partial charge in [0.05, 0.1) is 31.9 Å². The van der Waals surface area contributed by atoms with Crippen LogP contribution >= 0.6 is 0 Å². The first-order chi connectivity index (χ1) is 15.5. The molecule has 0 bridgehead atoms. The highest BCUT2D eigenvalue weighted by Gasteiger charge is 2.46. The molecule has 0 saturated carbocycles. The first-order valence-corrected chi connectivity index (χ1v) is 10.8. The third kappa shape index (κ3) is 4.40. The van der Waals surface area contributed by atoms with Crippen molar-refractivity contribution in [2.75, 3.05) is 46.5 Å². The zero-order chi connectivity index (χ0) is 22.7. The molecule has 168 valence electrons. The lowest BCUT2D eigenvalue weighted by Gasteiger charge is -2.31. The Hall–Kier alpha value is -3.16. The minimum atomic E-state index is -0.688. The summed E-state index contributed by atoms with van der Waals surface area (Å²) in [6.45, 7) is 5.84. The number of ether oxygens (including phenoxy) is 2. The minimum absolute atomic E-state index is 0.106. The number of nitrogens with zero attached hydrogens (tertiary/aromatic N) is 2. The molecule has 32 heavy (non-hydrogen) atoms. The van der Waals surface area contributed by atoms with E-state index in [1.54, 1.807) is 30.2 Å². The van der Waals surface area contributed by atoms with Gasteiger partial charge >= 0.3 is 0 Å². The van der Waals surface area contributed by atoms with Gasteiger partial charge in [0.25, 0.3) is 11.7 Å². The normalized spacial score (nSPS) is 21.2. The van der Waals surface area contributed by atoms with E-state index in [-0.39, 0.29) is 11.3 Å². The largest absolute Gasteiger partial charge is 0.507 e. The van der Waals surface area contributed by atoms with E-state index in [0.717, 1.165) is 24.2 Å². The van der Waals surface area contributed by atoms with Crippen LogP contribution in [0.1, 0.15) is 22.7 Å². The number of Topliss-reactive ketones (excluding diaryl/α,β-unsaturated/α-hetero) is 1. The van der Waals surface area contributed by atoms with Crippen LogP contribution in [0.2, 0.25) is 0 Å². The van der Waals surface area contributed by atoms with Crippen molar-refractivity contribution in [3.8, 4) is 5.75 Å². The number of carbonyl (C=O) groups excluding carboxylic acids is 2. The minimum Gasteiger partial charge on any atom is -0.507 e. The van der Waals surface area contributed by atoms with Crippen LogP contribution in [0.4, 0.5) is 0 Å². The average Bonchev–Trinajstić information content (AvgIpc) is 3.08. The summed E-state index contributed by atoms with van der Waals surface area (Å²) in [5, 5.41) is 11.1. The molecule has 2 aliphatic rings. The molecule has 2 fully saturated rings. The quantitative estimate of drug-likeness (QED) is 0.426. The Morgan fingerprint density at radius 2 is 1.81 bits per heavy atom. The molecular formula is C25H28N2O5. The Morgan fingerprint density at radius 1 is 1.09 bits per heavy atom. The summed E-state index contributed by atoms with van der Waals surface area (Å²) in [6, 6.07) is 13.8. The van der Waals surface area contributed by atoms with E-state index in [2.05, 4.69) is 4.90 Å². The van der Waals surface area contributed by atoms with Crippen LogP contribution in [-0.4, -0.2) is 73.1 Å². The van der Waals surface area contributed by atoms with E-state index in [1.807, 2.05) is 37.3 Å². The van der Waals surface area contributed by atoms with Gasteiger partial charge < -0.3 is 19.5 Å². The second-order valence-electron chi connectivity index (χ2n) is 8.09. The second kappa shape index (κ2) is 9.54.